The van der Waals surface area contributed by atoms with E-state index >= 15 is 0 Å². The van der Waals surface area contributed by atoms with Crippen molar-refractivity contribution in [2.24, 2.45) is 0 Å². The summed E-state index contributed by atoms with van der Waals surface area (Å²) in [5.41, 5.74) is 1.72. The molecule has 0 bridgehead atoms. The van der Waals surface area contributed by atoms with Crippen molar-refractivity contribution in [3.8, 4) is 22.8 Å². The lowest BCUT2D eigenvalue weighted by Crippen LogP contribution is -2.06. The zero-order valence-corrected chi connectivity index (χ0v) is 14.2. The van der Waals surface area contributed by atoms with Crippen LogP contribution in [0, 0.1) is 0 Å². The van der Waals surface area contributed by atoms with Gasteiger partial charge >= 0.3 is 5.97 Å². The molecule has 0 N–H and O–H groups in total. The van der Waals surface area contributed by atoms with Crippen molar-refractivity contribution in [2.75, 3.05) is 19.2 Å². The normalized spacial score (nSPS) is 12.5. The molecule has 25 heavy (non-hydrogen) atoms. The van der Waals surface area contributed by atoms with E-state index in [1.165, 1.54) is 11.8 Å². The molecule has 0 aliphatic carbocycles. The third-order valence-electron chi connectivity index (χ3n) is 3.51. The van der Waals surface area contributed by atoms with Crippen LogP contribution in [0.4, 0.5) is 0 Å². The Bertz CT molecular complexity index is 943. The minimum atomic E-state index is -0.296. The van der Waals surface area contributed by atoms with Crippen LogP contribution in [0.5, 0.6) is 11.5 Å². The lowest BCUT2D eigenvalue weighted by molar-refractivity contribution is -0.139. The number of carbonyl (C=O) groups excluding carboxylic acids is 1. The highest BCUT2D eigenvalue weighted by Gasteiger charge is 2.17. The fraction of sp³-hybridized carbons (Fsp3) is 0.250. The first-order chi connectivity index (χ1) is 12.2. The molecule has 0 unspecified atom stereocenters. The SMILES string of the molecule is CCOC(=O)CSc1nc2nccc(-c3ccc4c(c3)OCO4)n2n1. The molecule has 8 nitrogen and oxygen atoms in total. The molecule has 0 atom stereocenters. The van der Waals surface area contributed by atoms with E-state index in [4.69, 9.17) is 14.2 Å². The maximum Gasteiger partial charge on any atom is 0.316 e. The average Bonchev–Trinajstić information content (AvgIpc) is 3.25. The molecule has 0 saturated heterocycles. The molecular weight excluding hydrogens is 344 g/mol. The van der Waals surface area contributed by atoms with Crippen LogP contribution in [-0.2, 0) is 9.53 Å². The van der Waals surface area contributed by atoms with Gasteiger partial charge in [-0.25, -0.2) is 4.98 Å². The zero-order valence-electron chi connectivity index (χ0n) is 13.3. The monoisotopic (exact) mass is 358 g/mol. The topological polar surface area (TPSA) is 87.8 Å². The van der Waals surface area contributed by atoms with Gasteiger partial charge in [0.05, 0.1) is 18.1 Å². The molecule has 0 saturated carbocycles. The van der Waals surface area contributed by atoms with E-state index in [0.29, 0.717) is 23.3 Å². The number of aromatic nitrogens is 4. The standard InChI is InChI=1S/C16H14N4O4S/c1-2-22-14(21)8-25-16-18-15-17-6-5-11(20(15)19-16)10-3-4-12-13(7-10)24-9-23-12/h3-7H,2,8-9H2,1H3. The Morgan fingerprint density at radius 2 is 2.20 bits per heavy atom. The Labute approximate surface area is 147 Å². The molecule has 0 spiro atoms. The van der Waals surface area contributed by atoms with Gasteiger partial charge in [-0.2, -0.15) is 9.50 Å². The number of esters is 1. The van der Waals surface area contributed by atoms with Crippen molar-refractivity contribution >= 4 is 23.5 Å². The van der Waals surface area contributed by atoms with Crippen LogP contribution in [0.3, 0.4) is 0 Å². The molecule has 1 aliphatic heterocycles. The predicted molar refractivity (Wildman–Crippen MR) is 89.7 cm³/mol. The molecule has 3 heterocycles. The smallest absolute Gasteiger partial charge is 0.316 e. The van der Waals surface area contributed by atoms with Crippen molar-refractivity contribution in [1.82, 2.24) is 19.6 Å². The van der Waals surface area contributed by atoms with Gasteiger partial charge in [-0.3, -0.25) is 4.79 Å². The summed E-state index contributed by atoms with van der Waals surface area (Å²) in [5, 5.41) is 4.91. The number of hydrogen-bond acceptors (Lipinski definition) is 8. The molecule has 3 aromatic rings. The van der Waals surface area contributed by atoms with E-state index in [-0.39, 0.29) is 18.5 Å². The number of benzene rings is 1. The third-order valence-corrected chi connectivity index (χ3v) is 4.33. The number of rotatable bonds is 5. The van der Waals surface area contributed by atoms with Crippen LogP contribution in [0.2, 0.25) is 0 Å². The summed E-state index contributed by atoms with van der Waals surface area (Å²) in [6, 6.07) is 7.52. The lowest BCUT2D eigenvalue weighted by Gasteiger charge is -2.04. The van der Waals surface area contributed by atoms with Crippen molar-refractivity contribution in [1.29, 1.82) is 0 Å². The predicted octanol–water partition coefficient (Wildman–Crippen LogP) is 2.18. The molecular formula is C16H14N4O4S. The number of carbonyl (C=O) groups is 1. The molecule has 0 amide bonds. The molecule has 1 aromatic carbocycles. The van der Waals surface area contributed by atoms with Crippen LogP contribution in [0.15, 0.2) is 35.6 Å². The van der Waals surface area contributed by atoms with Gasteiger partial charge in [0.2, 0.25) is 11.9 Å². The zero-order chi connectivity index (χ0) is 17.2. The molecule has 9 heteroatoms. The Kier molecular flexibility index (Phi) is 4.14. The van der Waals surface area contributed by atoms with E-state index in [0.717, 1.165) is 17.0 Å². The van der Waals surface area contributed by atoms with Gasteiger partial charge in [0.15, 0.2) is 11.5 Å². The number of ether oxygens (including phenoxy) is 3. The molecule has 0 radical (unpaired) electrons. The first kappa shape index (κ1) is 15.7. The molecule has 2 aromatic heterocycles. The van der Waals surface area contributed by atoms with Crippen LogP contribution < -0.4 is 9.47 Å². The van der Waals surface area contributed by atoms with Crippen LogP contribution >= 0.6 is 11.8 Å². The second-order valence-electron chi connectivity index (χ2n) is 5.10. The van der Waals surface area contributed by atoms with E-state index in [2.05, 4.69) is 15.1 Å². The van der Waals surface area contributed by atoms with Crippen LogP contribution in [0.25, 0.3) is 17.0 Å². The molecule has 0 fully saturated rings. The highest BCUT2D eigenvalue weighted by atomic mass is 32.2. The highest BCUT2D eigenvalue weighted by Crippen LogP contribution is 2.35. The van der Waals surface area contributed by atoms with E-state index < -0.39 is 0 Å². The van der Waals surface area contributed by atoms with Gasteiger partial charge < -0.3 is 14.2 Å². The van der Waals surface area contributed by atoms with Crippen molar-refractivity contribution in [3.05, 3.63) is 30.5 Å². The maximum absolute atomic E-state index is 11.5. The Morgan fingerprint density at radius 3 is 3.08 bits per heavy atom. The van der Waals surface area contributed by atoms with Crippen molar-refractivity contribution < 1.29 is 19.0 Å². The van der Waals surface area contributed by atoms with Crippen LogP contribution in [0.1, 0.15) is 6.92 Å². The first-order valence-corrected chi connectivity index (χ1v) is 8.63. The second-order valence-corrected chi connectivity index (χ2v) is 6.04. The van der Waals surface area contributed by atoms with Gasteiger partial charge in [-0.15, -0.1) is 5.10 Å². The van der Waals surface area contributed by atoms with E-state index in [1.807, 2.05) is 24.3 Å². The molecule has 1 aliphatic rings. The summed E-state index contributed by atoms with van der Waals surface area (Å²) in [5.74, 6) is 1.74. The first-order valence-electron chi connectivity index (χ1n) is 7.65. The van der Waals surface area contributed by atoms with Crippen molar-refractivity contribution in [2.45, 2.75) is 12.1 Å². The number of hydrogen-bond donors (Lipinski definition) is 0. The average molecular weight is 358 g/mol. The van der Waals surface area contributed by atoms with E-state index in [1.54, 1.807) is 17.6 Å². The Hall–Kier alpha value is -2.81. The largest absolute Gasteiger partial charge is 0.465 e. The quantitative estimate of drug-likeness (QED) is 0.506. The summed E-state index contributed by atoms with van der Waals surface area (Å²) in [4.78, 5) is 20.1. The summed E-state index contributed by atoms with van der Waals surface area (Å²) in [7, 11) is 0. The highest BCUT2D eigenvalue weighted by molar-refractivity contribution is 7.99. The van der Waals surface area contributed by atoms with Gasteiger partial charge in [0.25, 0.3) is 5.78 Å². The lowest BCUT2D eigenvalue weighted by atomic mass is 10.1. The minimum Gasteiger partial charge on any atom is -0.465 e. The van der Waals surface area contributed by atoms with Gasteiger partial charge in [0.1, 0.15) is 0 Å². The van der Waals surface area contributed by atoms with Gasteiger partial charge in [-0.05, 0) is 31.2 Å². The molecule has 128 valence electrons. The number of fused-ring (bicyclic) bond motifs is 2. The fourth-order valence-electron chi connectivity index (χ4n) is 2.44. The summed E-state index contributed by atoms with van der Waals surface area (Å²) in [6.07, 6.45) is 1.67. The van der Waals surface area contributed by atoms with Crippen LogP contribution in [-0.4, -0.2) is 44.7 Å². The second kappa shape index (κ2) is 6.60. The third kappa shape index (κ3) is 3.10. The number of thioether (sulfide) groups is 1. The summed E-state index contributed by atoms with van der Waals surface area (Å²) in [6.45, 7) is 2.35. The fourth-order valence-corrected chi connectivity index (χ4v) is 3.05. The minimum absolute atomic E-state index is 0.157. The Balaban J connectivity index is 1.65. The maximum atomic E-state index is 11.5. The summed E-state index contributed by atoms with van der Waals surface area (Å²) < 4.78 is 17.3. The van der Waals surface area contributed by atoms with Gasteiger partial charge in [0, 0.05) is 11.8 Å². The van der Waals surface area contributed by atoms with E-state index in [9.17, 15) is 4.79 Å². The van der Waals surface area contributed by atoms with Crippen molar-refractivity contribution in [3.63, 3.8) is 0 Å². The van der Waals surface area contributed by atoms with Gasteiger partial charge in [-0.1, -0.05) is 11.8 Å². The number of nitrogens with zero attached hydrogens (tertiary/aromatic N) is 4. The summed E-state index contributed by atoms with van der Waals surface area (Å²) >= 11 is 1.22. The Morgan fingerprint density at radius 1 is 1.32 bits per heavy atom. The molecule has 4 rings (SSSR count).